The summed E-state index contributed by atoms with van der Waals surface area (Å²) < 4.78 is 10.8. The van der Waals surface area contributed by atoms with Crippen LogP contribution in [-0.2, 0) is 9.47 Å². The van der Waals surface area contributed by atoms with E-state index in [1.165, 1.54) is 12.1 Å². The summed E-state index contributed by atoms with van der Waals surface area (Å²) in [5.74, 6) is 0.0781. The number of phenols is 1. The highest BCUT2D eigenvalue weighted by atomic mass is 16.7. The highest BCUT2D eigenvalue weighted by molar-refractivity contribution is 5.26. The first-order valence-corrected chi connectivity index (χ1v) is 6.24. The molecule has 5 atom stereocenters. The lowest BCUT2D eigenvalue weighted by atomic mass is 10.0. The molecule has 1 heterocycles. The number of ether oxygens (including phenoxy) is 2. The van der Waals surface area contributed by atoms with Crippen LogP contribution < -0.4 is 0 Å². The first kappa shape index (κ1) is 15.2. The quantitative estimate of drug-likeness (QED) is 0.477. The number of hydrogen-bond acceptors (Lipinski definition) is 7. The zero-order chi connectivity index (χ0) is 14.7. The average molecular weight is 286 g/mol. The molecule has 1 aliphatic rings. The molecule has 2 rings (SSSR count). The molecule has 112 valence electrons. The van der Waals surface area contributed by atoms with Crippen molar-refractivity contribution in [2.24, 2.45) is 0 Å². The molecule has 5 N–H and O–H groups in total. The molecule has 0 saturated carbocycles. The van der Waals surface area contributed by atoms with Gasteiger partial charge in [-0.15, -0.1) is 0 Å². The van der Waals surface area contributed by atoms with Crippen molar-refractivity contribution in [3.8, 4) is 5.75 Å². The van der Waals surface area contributed by atoms with Gasteiger partial charge in [-0.25, -0.2) is 0 Å². The lowest BCUT2D eigenvalue weighted by Gasteiger charge is -2.27. The summed E-state index contributed by atoms with van der Waals surface area (Å²) in [5.41, 5.74) is 0.555. The van der Waals surface area contributed by atoms with Gasteiger partial charge in [0.25, 0.3) is 0 Å². The van der Waals surface area contributed by atoms with Crippen LogP contribution in [0.15, 0.2) is 24.3 Å². The van der Waals surface area contributed by atoms with Crippen LogP contribution in [0.3, 0.4) is 0 Å². The Morgan fingerprint density at radius 3 is 2.45 bits per heavy atom. The minimum Gasteiger partial charge on any atom is -0.508 e. The zero-order valence-electron chi connectivity index (χ0n) is 10.7. The molecule has 1 aromatic carbocycles. The second kappa shape index (κ2) is 6.49. The largest absolute Gasteiger partial charge is 0.508 e. The Morgan fingerprint density at radius 2 is 1.85 bits per heavy atom. The fraction of sp³-hybridized carbons (Fsp3) is 0.538. The Bertz CT molecular complexity index is 421. The predicted octanol–water partition coefficient (Wildman–Crippen LogP) is -1.12. The van der Waals surface area contributed by atoms with Gasteiger partial charge in [0, 0.05) is 5.56 Å². The fourth-order valence-electron chi connectivity index (χ4n) is 1.99. The van der Waals surface area contributed by atoms with Gasteiger partial charge in [-0.05, 0) is 12.1 Å². The second-order valence-electron chi connectivity index (χ2n) is 4.67. The fourth-order valence-corrected chi connectivity index (χ4v) is 1.99. The van der Waals surface area contributed by atoms with Crippen LogP contribution in [0.25, 0.3) is 0 Å². The van der Waals surface area contributed by atoms with Crippen molar-refractivity contribution in [1.82, 2.24) is 0 Å². The molecule has 7 heteroatoms. The van der Waals surface area contributed by atoms with Crippen LogP contribution in [0.5, 0.6) is 5.75 Å². The SMILES string of the molecule is OC[C@H](O)[C@@H]1OC(c2ccc(O)cc2)OC[C@@H](O)[C@@H]1O. The molecule has 7 nitrogen and oxygen atoms in total. The molecule has 0 aromatic heterocycles. The smallest absolute Gasteiger partial charge is 0.184 e. The third-order valence-corrected chi connectivity index (χ3v) is 3.16. The van der Waals surface area contributed by atoms with Gasteiger partial charge in [-0.1, -0.05) is 12.1 Å². The monoisotopic (exact) mass is 286 g/mol. The molecule has 0 aliphatic carbocycles. The highest BCUT2D eigenvalue weighted by Crippen LogP contribution is 2.28. The molecular formula is C13H18O7. The van der Waals surface area contributed by atoms with E-state index in [1.807, 2.05) is 0 Å². The molecular weight excluding hydrogens is 268 g/mol. The molecule has 20 heavy (non-hydrogen) atoms. The molecule has 0 spiro atoms. The van der Waals surface area contributed by atoms with Gasteiger partial charge in [-0.3, -0.25) is 0 Å². The van der Waals surface area contributed by atoms with Crippen molar-refractivity contribution in [2.75, 3.05) is 13.2 Å². The van der Waals surface area contributed by atoms with Crippen molar-refractivity contribution < 1.29 is 35.0 Å². The van der Waals surface area contributed by atoms with Crippen LogP contribution in [-0.4, -0.2) is 63.2 Å². The number of aromatic hydroxyl groups is 1. The maximum Gasteiger partial charge on any atom is 0.184 e. The maximum absolute atomic E-state index is 9.86. The van der Waals surface area contributed by atoms with Gasteiger partial charge in [-0.2, -0.15) is 0 Å². The Hall–Kier alpha value is -1.22. The summed E-state index contributed by atoms with van der Waals surface area (Å²) in [4.78, 5) is 0. The van der Waals surface area contributed by atoms with Gasteiger partial charge < -0.3 is 35.0 Å². The summed E-state index contributed by atoms with van der Waals surface area (Å²) >= 11 is 0. The Labute approximate surface area is 115 Å². The van der Waals surface area contributed by atoms with Crippen LogP contribution >= 0.6 is 0 Å². The van der Waals surface area contributed by atoms with E-state index in [0.29, 0.717) is 5.56 Å². The molecule has 1 aromatic rings. The lowest BCUT2D eigenvalue weighted by molar-refractivity contribution is -0.199. The average Bonchev–Trinajstić information content (AvgIpc) is 2.60. The third-order valence-electron chi connectivity index (χ3n) is 3.16. The number of phenolic OH excluding ortho intramolecular Hbond substituents is 1. The molecule has 1 fully saturated rings. The van der Waals surface area contributed by atoms with Crippen molar-refractivity contribution >= 4 is 0 Å². The summed E-state index contributed by atoms with van der Waals surface area (Å²) in [5, 5.41) is 47.4. The zero-order valence-corrected chi connectivity index (χ0v) is 10.7. The van der Waals surface area contributed by atoms with Gasteiger partial charge in [0.05, 0.1) is 13.2 Å². The van der Waals surface area contributed by atoms with Crippen LogP contribution in [0.1, 0.15) is 11.9 Å². The van der Waals surface area contributed by atoms with Gasteiger partial charge >= 0.3 is 0 Å². The highest BCUT2D eigenvalue weighted by Gasteiger charge is 2.38. The summed E-state index contributed by atoms with van der Waals surface area (Å²) in [6.07, 6.45) is -6.06. The molecule has 0 amide bonds. The molecule has 1 unspecified atom stereocenters. The first-order valence-electron chi connectivity index (χ1n) is 6.24. The molecule has 1 saturated heterocycles. The predicted molar refractivity (Wildman–Crippen MR) is 66.8 cm³/mol. The maximum atomic E-state index is 9.86. The number of aliphatic hydroxyl groups is 4. The van der Waals surface area contributed by atoms with E-state index in [0.717, 1.165) is 0 Å². The van der Waals surface area contributed by atoms with E-state index >= 15 is 0 Å². The second-order valence-corrected chi connectivity index (χ2v) is 4.67. The summed E-state index contributed by atoms with van der Waals surface area (Å²) in [6.45, 7) is -0.794. The summed E-state index contributed by atoms with van der Waals surface area (Å²) in [7, 11) is 0. The Kier molecular flexibility index (Phi) is 4.92. The van der Waals surface area contributed by atoms with E-state index in [2.05, 4.69) is 0 Å². The Morgan fingerprint density at radius 1 is 1.20 bits per heavy atom. The van der Waals surface area contributed by atoms with Crippen molar-refractivity contribution in [3.05, 3.63) is 29.8 Å². The van der Waals surface area contributed by atoms with E-state index in [9.17, 15) is 20.4 Å². The van der Waals surface area contributed by atoms with Crippen LogP contribution in [0.2, 0.25) is 0 Å². The van der Waals surface area contributed by atoms with Crippen molar-refractivity contribution in [1.29, 1.82) is 0 Å². The normalized spacial score (nSPS) is 32.6. The van der Waals surface area contributed by atoms with Crippen LogP contribution in [0, 0.1) is 0 Å². The van der Waals surface area contributed by atoms with E-state index in [-0.39, 0.29) is 12.4 Å². The van der Waals surface area contributed by atoms with E-state index < -0.39 is 37.3 Å². The molecule has 1 aliphatic heterocycles. The number of rotatable bonds is 3. The molecule has 0 bridgehead atoms. The van der Waals surface area contributed by atoms with E-state index in [4.69, 9.17) is 14.6 Å². The van der Waals surface area contributed by atoms with Crippen LogP contribution in [0.4, 0.5) is 0 Å². The number of hydrogen-bond donors (Lipinski definition) is 5. The van der Waals surface area contributed by atoms with Gasteiger partial charge in [0.2, 0.25) is 0 Å². The number of benzene rings is 1. The first-order chi connectivity index (χ1) is 9.52. The third kappa shape index (κ3) is 3.26. The van der Waals surface area contributed by atoms with Gasteiger partial charge in [0.15, 0.2) is 6.29 Å². The summed E-state index contributed by atoms with van der Waals surface area (Å²) in [6, 6.07) is 6.01. The van der Waals surface area contributed by atoms with Gasteiger partial charge in [0.1, 0.15) is 30.2 Å². The van der Waals surface area contributed by atoms with E-state index in [1.54, 1.807) is 12.1 Å². The standard InChI is InChI=1S/C13H18O7/c14-5-9(16)12-11(18)10(17)6-19-13(20-12)7-1-3-8(15)4-2-7/h1-4,9-18H,5-6H2/t9-,10+,11-,12-,13?/m0/s1. The minimum absolute atomic E-state index is 0.0781. The number of aliphatic hydroxyl groups excluding tert-OH is 4. The van der Waals surface area contributed by atoms with Crippen molar-refractivity contribution in [3.63, 3.8) is 0 Å². The lowest BCUT2D eigenvalue weighted by Crippen LogP contribution is -2.47. The minimum atomic E-state index is -1.38. The Balaban J connectivity index is 2.20. The topological polar surface area (TPSA) is 120 Å². The van der Waals surface area contributed by atoms with Crippen molar-refractivity contribution in [2.45, 2.75) is 30.7 Å². The molecule has 0 radical (unpaired) electrons.